The van der Waals surface area contributed by atoms with Crippen LogP contribution in [0.4, 0.5) is 0 Å². The molecule has 3 rings (SSSR count). The molecule has 2 aliphatic rings. The first kappa shape index (κ1) is 18.5. The Hall–Kier alpha value is -1.26. The summed E-state index contributed by atoms with van der Waals surface area (Å²) in [6.07, 6.45) is 7.86. The largest absolute Gasteiger partial charge is 0.489 e. The fourth-order valence-electron chi connectivity index (χ4n) is 4.01. The number of carbonyl (C=O) groups is 1. The number of para-hydroxylation sites is 1. The van der Waals surface area contributed by atoms with Gasteiger partial charge in [-0.2, -0.15) is 0 Å². The van der Waals surface area contributed by atoms with Crippen molar-refractivity contribution in [3.8, 4) is 5.75 Å². The van der Waals surface area contributed by atoms with Crippen LogP contribution in [0, 0.1) is 5.92 Å². The lowest BCUT2D eigenvalue weighted by Crippen LogP contribution is -2.39. The number of benzene rings is 1. The van der Waals surface area contributed by atoms with Gasteiger partial charge in [-0.25, -0.2) is 0 Å². The molecule has 0 spiro atoms. The van der Waals surface area contributed by atoms with Gasteiger partial charge in [0, 0.05) is 25.6 Å². The molecule has 1 heterocycles. The van der Waals surface area contributed by atoms with Crippen LogP contribution in [0.1, 0.15) is 44.1 Å². The quantitative estimate of drug-likeness (QED) is 0.685. The third-order valence-electron chi connectivity index (χ3n) is 5.43. The monoisotopic (exact) mass is 365 g/mol. The Bertz CT molecular complexity index is 574. The molecule has 1 aromatic carbocycles. The molecule has 4 nitrogen and oxygen atoms in total. The van der Waals surface area contributed by atoms with Crippen molar-refractivity contribution in [2.24, 2.45) is 5.92 Å². The number of hydrogen-bond acceptors (Lipinski definition) is 3. The molecule has 2 atom stereocenters. The molecule has 0 N–H and O–H groups in total. The van der Waals surface area contributed by atoms with Gasteiger partial charge in [-0.1, -0.05) is 49.1 Å². The van der Waals surface area contributed by atoms with Crippen LogP contribution in [0.5, 0.6) is 5.75 Å². The highest BCUT2D eigenvalue weighted by atomic mass is 35.5. The summed E-state index contributed by atoms with van der Waals surface area (Å²) >= 11 is 5.96. The molecule has 5 heteroatoms. The molecule has 1 aliphatic carbocycles. The summed E-state index contributed by atoms with van der Waals surface area (Å²) in [5, 5.41) is 0. The third kappa shape index (κ3) is 4.68. The normalized spacial score (nSPS) is 23.0. The van der Waals surface area contributed by atoms with Gasteiger partial charge in [0.1, 0.15) is 12.4 Å². The molecule has 0 bridgehead atoms. The topological polar surface area (TPSA) is 38.8 Å². The highest BCUT2D eigenvalue weighted by Crippen LogP contribution is 2.32. The molecule has 0 aromatic heterocycles. The molecule has 2 unspecified atom stereocenters. The van der Waals surface area contributed by atoms with Gasteiger partial charge in [-0.3, -0.25) is 4.79 Å². The first-order valence-electron chi connectivity index (χ1n) is 9.37. The van der Waals surface area contributed by atoms with Crippen LogP contribution in [-0.2, 0) is 16.0 Å². The average Bonchev–Trinajstić information content (AvgIpc) is 3.02. The minimum absolute atomic E-state index is 0.0703. The Morgan fingerprint density at radius 3 is 2.72 bits per heavy atom. The molecule has 1 aromatic rings. The third-order valence-corrected chi connectivity index (χ3v) is 5.73. The van der Waals surface area contributed by atoms with Gasteiger partial charge in [0.05, 0.1) is 0 Å². The van der Waals surface area contributed by atoms with Crippen molar-refractivity contribution in [1.29, 1.82) is 0 Å². The number of carbonyl (C=O) groups excluding carboxylic acids is 1. The van der Waals surface area contributed by atoms with E-state index in [1.165, 1.54) is 32.1 Å². The number of hydrogen-bond donors (Lipinski definition) is 0. The van der Waals surface area contributed by atoms with E-state index in [-0.39, 0.29) is 5.92 Å². The lowest BCUT2D eigenvalue weighted by Gasteiger charge is -2.31. The molecule has 0 radical (unpaired) electrons. The van der Waals surface area contributed by atoms with E-state index in [4.69, 9.17) is 21.1 Å². The molecular formula is C20H28ClNO3. The van der Waals surface area contributed by atoms with E-state index in [1.54, 1.807) is 7.11 Å². The Balaban J connectivity index is 1.61. The van der Waals surface area contributed by atoms with E-state index in [2.05, 4.69) is 4.90 Å². The lowest BCUT2D eigenvalue weighted by atomic mass is 9.94. The molecule has 1 saturated heterocycles. The number of nitrogens with zero attached hydrogens (tertiary/aromatic N) is 1. The van der Waals surface area contributed by atoms with E-state index in [0.29, 0.717) is 18.6 Å². The molecule has 1 amide bonds. The number of amides is 1. The fourth-order valence-corrected chi connectivity index (χ4v) is 4.07. The predicted molar refractivity (Wildman–Crippen MR) is 99.0 cm³/mol. The van der Waals surface area contributed by atoms with Crippen LogP contribution in [0.2, 0.25) is 0 Å². The maximum absolute atomic E-state index is 12.9. The summed E-state index contributed by atoms with van der Waals surface area (Å²) in [5.41, 5.74) is 0.606. The van der Waals surface area contributed by atoms with E-state index in [1.807, 2.05) is 24.3 Å². The Morgan fingerprint density at radius 2 is 1.96 bits per heavy atom. The summed E-state index contributed by atoms with van der Waals surface area (Å²) in [4.78, 5) is 15.0. The van der Waals surface area contributed by atoms with Crippen molar-refractivity contribution >= 4 is 17.5 Å². The summed E-state index contributed by atoms with van der Waals surface area (Å²) in [7, 11) is 1.56. The highest BCUT2D eigenvalue weighted by Gasteiger charge is 2.36. The van der Waals surface area contributed by atoms with Crippen LogP contribution in [0.3, 0.4) is 0 Å². The predicted octanol–water partition coefficient (Wildman–Crippen LogP) is 4.00. The van der Waals surface area contributed by atoms with Gasteiger partial charge in [-0.05, 0) is 37.3 Å². The van der Waals surface area contributed by atoms with Crippen LogP contribution < -0.4 is 4.74 Å². The standard InChI is InChI=1S/C20H28ClNO3/c1-24-19(21)14-25-18-10-6-5-7-15(18)13-16-11-12-22(20(16)23)17-8-3-2-4-9-17/h5-7,10,16-17,19H,2-4,8-9,11-14H2,1H3. The zero-order valence-electron chi connectivity index (χ0n) is 15.0. The first-order valence-corrected chi connectivity index (χ1v) is 9.80. The van der Waals surface area contributed by atoms with Gasteiger partial charge in [0.25, 0.3) is 0 Å². The fraction of sp³-hybridized carbons (Fsp3) is 0.650. The second-order valence-corrected chi connectivity index (χ2v) is 7.56. The molecular weight excluding hydrogens is 338 g/mol. The Labute approximate surface area is 155 Å². The smallest absolute Gasteiger partial charge is 0.226 e. The van der Waals surface area contributed by atoms with E-state index >= 15 is 0 Å². The number of likely N-dealkylation sites (tertiary alicyclic amines) is 1. The summed E-state index contributed by atoms with van der Waals surface area (Å²) in [6.45, 7) is 1.20. The lowest BCUT2D eigenvalue weighted by molar-refractivity contribution is -0.133. The summed E-state index contributed by atoms with van der Waals surface area (Å²) < 4.78 is 10.8. The maximum atomic E-state index is 12.9. The minimum Gasteiger partial charge on any atom is -0.489 e. The van der Waals surface area contributed by atoms with Crippen molar-refractivity contribution in [2.75, 3.05) is 20.3 Å². The van der Waals surface area contributed by atoms with Crippen molar-refractivity contribution in [1.82, 2.24) is 4.90 Å². The molecule has 138 valence electrons. The van der Waals surface area contributed by atoms with Crippen LogP contribution in [0.25, 0.3) is 0 Å². The highest BCUT2D eigenvalue weighted by molar-refractivity contribution is 6.19. The van der Waals surface area contributed by atoms with Gasteiger partial charge < -0.3 is 14.4 Å². The second-order valence-electron chi connectivity index (χ2n) is 7.08. The van der Waals surface area contributed by atoms with Gasteiger partial charge in [-0.15, -0.1) is 0 Å². The van der Waals surface area contributed by atoms with Crippen molar-refractivity contribution in [3.05, 3.63) is 29.8 Å². The first-order chi connectivity index (χ1) is 12.2. The number of alkyl halides is 1. The van der Waals surface area contributed by atoms with E-state index < -0.39 is 5.56 Å². The molecule has 1 saturated carbocycles. The zero-order valence-corrected chi connectivity index (χ0v) is 15.7. The van der Waals surface area contributed by atoms with E-state index in [0.717, 1.165) is 30.7 Å². The molecule has 25 heavy (non-hydrogen) atoms. The summed E-state index contributed by atoms with van der Waals surface area (Å²) in [5.74, 6) is 1.20. The zero-order chi connectivity index (χ0) is 17.6. The number of ether oxygens (including phenoxy) is 2. The number of methoxy groups -OCH3 is 1. The van der Waals surface area contributed by atoms with Crippen molar-refractivity contribution in [3.63, 3.8) is 0 Å². The molecule has 2 fully saturated rings. The Kier molecular flexibility index (Phi) is 6.60. The number of rotatable bonds is 7. The average molecular weight is 366 g/mol. The number of halogens is 1. The SMILES string of the molecule is COC(Cl)COc1ccccc1CC1CCN(C2CCCCC2)C1=O. The maximum Gasteiger partial charge on any atom is 0.226 e. The van der Waals surface area contributed by atoms with Crippen LogP contribution in [-0.4, -0.2) is 42.7 Å². The second kappa shape index (κ2) is 8.91. The van der Waals surface area contributed by atoms with Crippen LogP contribution in [0.15, 0.2) is 24.3 Å². The van der Waals surface area contributed by atoms with Gasteiger partial charge >= 0.3 is 0 Å². The van der Waals surface area contributed by atoms with Gasteiger partial charge in [0.2, 0.25) is 5.91 Å². The van der Waals surface area contributed by atoms with E-state index in [9.17, 15) is 4.79 Å². The molecule has 1 aliphatic heterocycles. The van der Waals surface area contributed by atoms with Crippen molar-refractivity contribution < 1.29 is 14.3 Å². The summed E-state index contributed by atoms with van der Waals surface area (Å²) in [6, 6.07) is 8.39. The van der Waals surface area contributed by atoms with Crippen LogP contribution >= 0.6 is 11.6 Å². The van der Waals surface area contributed by atoms with Crippen molar-refractivity contribution in [2.45, 2.75) is 56.6 Å². The Morgan fingerprint density at radius 1 is 1.20 bits per heavy atom. The minimum atomic E-state index is -0.469. The van der Waals surface area contributed by atoms with Gasteiger partial charge in [0.15, 0.2) is 5.56 Å².